The normalized spacial score (nSPS) is 10.3. The van der Waals surface area contributed by atoms with Crippen LogP contribution in [-0.4, -0.2) is 29.3 Å². The number of nitrogens with zero attached hydrogens (tertiary/aromatic N) is 2. The molecule has 0 saturated carbocycles. The van der Waals surface area contributed by atoms with Gasteiger partial charge in [0.05, 0.1) is 22.8 Å². The van der Waals surface area contributed by atoms with E-state index in [4.69, 9.17) is 9.47 Å². The standard InChI is InChI=1S/C20H14BrN3O4S/c1-27-15-9-12(16-13(10-22)18(25)24-20(23-16)29-2)8-14(21)17(15)28-19(26)11-6-4-3-5-7-11/h3-9H,1-2H3,(H,23,24,25). The first-order valence-electron chi connectivity index (χ1n) is 8.22. The van der Waals surface area contributed by atoms with Crippen molar-refractivity contribution in [2.75, 3.05) is 13.4 Å². The highest BCUT2D eigenvalue weighted by molar-refractivity contribution is 9.10. The summed E-state index contributed by atoms with van der Waals surface area (Å²) in [4.78, 5) is 31.5. The molecular weight excluding hydrogens is 458 g/mol. The summed E-state index contributed by atoms with van der Waals surface area (Å²) < 4.78 is 11.3. The van der Waals surface area contributed by atoms with Gasteiger partial charge in [0, 0.05) is 5.56 Å². The predicted octanol–water partition coefficient (Wildman–Crippen LogP) is 4.02. The van der Waals surface area contributed by atoms with Crippen molar-refractivity contribution in [3.8, 4) is 28.8 Å². The zero-order valence-corrected chi connectivity index (χ0v) is 17.8. The number of benzene rings is 2. The van der Waals surface area contributed by atoms with E-state index in [0.29, 0.717) is 20.8 Å². The zero-order valence-electron chi connectivity index (χ0n) is 15.4. The van der Waals surface area contributed by atoms with Crippen LogP contribution in [0.3, 0.4) is 0 Å². The van der Waals surface area contributed by atoms with Crippen molar-refractivity contribution in [3.63, 3.8) is 0 Å². The van der Waals surface area contributed by atoms with Gasteiger partial charge in [0.25, 0.3) is 5.56 Å². The number of H-pyrrole nitrogens is 1. The number of rotatable bonds is 5. The average Bonchev–Trinajstić information content (AvgIpc) is 2.74. The Bertz CT molecular complexity index is 1170. The number of carbonyl (C=O) groups excluding carboxylic acids is 1. The number of nitriles is 1. The van der Waals surface area contributed by atoms with Gasteiger partial charge in [-0.05, 0) is 46.5 Å². The van der Waals surface area contributed by atoms with E-state index in [1.165, 1.54) is 18.9 Å². The third kappa shape index (κ3) is 4.34. The topological polar surface area (TPSA) is 105 Å². The van der Waals surface area contributed by atoms with Crippen LogP contribution >= 0.6 is 27.7 Å². The third-order valence-electron chi connectivity index (χ3n) is 3.91. The van der Waals surface area contributed by atoms with E-state index in [1.807, 2.05) is 6.07 Å². The lowest BCUT2D eigenvalue weighted by atomic mass is 10.1. The van der Waals surface area contributed by atoms with E-state index in [1.54, 1.807) is 48.7 Å². The Labute approximate surface area is 178 Å². The molecule has 0 spiro atoms. The Kier molecular flexibility index (Phi) is 6.36. The molecule has 0 atom stereocenters. The number of aromatic nitrogens is 2. The second-order valence-corrected chi connectivity index (χ2v) is 7.30. The molecule has 0 aliphatic rings. The van der Waals surface area contributed by atoms with Gasteiger partial charge < -0.3 is 14.5 Å². The lowest BCUT2D eigenvalue weighted by Gasteiger charge is -2.14. The van der Waals surface area contributed by atoms with Crippen LogP contribution in [0.15, 0.2) is 56.9 Å². The van der Waals surface area contributed by atoms with E-state index >= 15 is 0 Å². The van der Waals surface area contributed by atoms with Crippen LogP contribution in [0, 0.1) is 11.3 Å². The Balaban J connectivity index is 2.09. The molecule has 2 aromatic carbocycles. The largest absolute Gasteiger partial charge is 0.493 e. The van der Waals surface area contributed by atoms with E-state index in [0.717, 1.165) is 0 Å². The summed E-state index contributed by atoms with van der Waals surface area (Å²) in [5.41, 5.74) is 0.409. The van der Waals surface area contributed by atoms with Crippen LogP contribution in [0.5, 0.6) is 11.5 Å². The smallest absolute Gasteiger partial charge is 0.343 e. The van der Waals surface area contributed by atoms with Crippen molar-refractivity contribution < 1.29 is 14.3 Å². The molecule has 0 radical (unpaired) electrons. The van der Waals surface area contributed by atoms with Crippen LogP contribution in [0.2, 0.25) is 0 Å². The zero-order chi connectivity index (χ0) is 21.0. The monoisotopic (exact) mass is 471 g/mol. The van der Waals surface area contributed by atoms with Crippen molar-refractivity contribution in [2.24, 2.45) is 0 Å². The minimum atomic E-state index is -0.547. The molecule has 0 aliphatic heterocycles. The fraction of sp³-hybridized carbons (Fsp3) is 0.100. The van der Waals surface area contributed by atoms with Gasteiger partial charge in [-0.15, -0.1) is 0 Å². The fourth-order valence-corrected chi connectivity index (χ4v) is 3.44. The lowest BCUT2D eigenvalue weighted by molar-refractivity contribution is 0.0728. The summed E-state index contributed by atoms with van der Waals surface area (Å²) in [6.07, 6.45) is 1.76. The van der Waals surface area contributed by atoms with Gasteiger partial charge in [-0.25, -0.2) is 9.78 Å². The first kappa shape index (κ1) is 20.6. The first-order chi connectivity index (χ1) is 14.0. The van der Waals surface area contributed by atoms with Gasteiger partial charge in [0.2, 0.25) is 0 Å². The molecule has 7 nitrogen and oxygen atoms in total. The Morgan fingerprint density at radius 1 is 1.28 bits per heavy atom. The average molecular weight is 472 g/mol. The van der Waals surface area contributed by atoms with Gasteiger partial charge in [-0.3, -0.25) is 4.79 Å². The van der Waals surface area contributed by atoms with Gasteiger partial charge in [0.15, 0.2) is 16.7 Å². The summed E-state index contributed by atoms with van der Waals surface area (Å²) in [6, 6.07) is 13.6. The van der Waals surface area contributed by atoms with Crippen molar-refractivity contribution in [1.82, 2.24) is 9.97 Å². The molecule has 0 saturated heterocycles. The summed E-state index contributed by atoms with van der Waals surface area (Å²) in [6.45, 7) is 0. The first-order valence-corrected chi connectivity index (χ1v) is 10.2. The molecule has 1 aromatic heterocycles. The number of nitrogens with one attached hydrogen (secondary N) is 1. The van der Waals surface area contributed by atoms with Crippen LogP contribution in [0.25, 0.3) is 11.3 Å². The van der Waals surface area contributed by atoms with Gasteiger partial charge in [0.1, 0.15) is 11.6 Å². The van der Waals surface area contributed by atoms with Crippen LogP contribution in [0.4, 0.5) is 0 Å². The van der Waals surface area contributed by atoms with Crippen molar-refractivity contribution >= 4 is 33.7 Å². The van der Waals surface area contributed by atoms with Gasteiger partial charge in [-0.2, -0.15) is 5.26 Å². The number of ether oxygens (including phenoxy) is 2. The van der Waals surface area contributed by atoms with E-state index in [9.17, 15) is 14.9 Å². The lowest BCUT2D eigenvalue weighted by Crippen LogP contribution is -2.14. The molecule has 1 heterocycles. The second kappa shape index (κ2) is 8.94. The quantitative estimate of drug-likeness (QED) is 0.259. The summed E-state index contributed by atoms with van der Waals surface area (Å²) in [7, 11) is 1.43. The number of hydrogen-bond donors (Lipinski definition) is 1. The maximum Gasteiger partial charge on any atom is 0.343 e. The number of carbonyl (C=O) groups is 1. The van der Waals surface area contributed by atoms with Crippen LogP contribution < -0.4 is 15.0 Å². The SMILES string of the molecule is COc1cc(-c2nc(SC)[nH]c(=O)c2C#N)cc(Br)c1OC(=O)c1ccccc1. The number of thioether (sulfide) groups is 1. The van der Waals surface area contributed by atoms with E-state index in [-0.39, 0.29) is 22.8 Å². The van der Waals surface area contributed by atoms with E-state index in [2.05, 4.69) is 25.9 Å². The van der Waals surface area contributed by atoms with Crippen molar-refractivity contribution in [3.05, 3.63) is 68.4 Å². The molecule has 0 fully saturated rings. The molecule has 1 N–H and O–H groups in total. The van der Waals surface area contributed by atoms with Crippen molar-refractivity contribution in [1.29, 1.82) is 5.26 Å². The van der Waals surface area contributed by atoms with Crippen molar-refractivity contribution in [2.45, 2.75) is 5.16 Å². The summed E-state index contributed by atoms with van der Waals surface area (Å²) in [5.74, 6) is -0.122. The summed E-state index contributed by atoms with van der Waals surface area (Å²) >= 11 is 4.62. The van der Waals surface area contributed by atoms with Crippen LogP contribution in [-0.2, 0) is 0 Å². The minimum absolute atomic E-state index is 0.120. The molecule has 0 amide bonds. The molecule has 3 aromatic rings. The summed E-state index contributed by atoms with van der Waals surface area (Å²) in [5, 5.41) is 9.76. The molecule has 0 bridgehead atoms. The number of methoxy groups -OCH3 is 1. The fourth-order valence-electron chi connectivity index (χ4n) is 2.54. The van der Waals surface area contributed by atoms with Gasteiger partial charge >= 0.3 is 5.97 Å². The number of hydrogen-bond acceptors (Lipinski definition) is 7. The number of esters is 1. The Morgan fingerprint density at radius 3 is 2.62 bits per heavy atom. The highest BCUT2D eigenvalue weighted by Gasteiger charge is 2.20. The maximum absolute atomic E-state index is 12.4. The predicted molar refractivity (Wildman–Crippen MR) is 112 cm³/mol. The second-order valence-electron chi connectivity index (χ2n) is 5.66. The number of halogens is 1. The molecule has 0 unspecified atom stereocenters. The highest BCUT2D eigenvalue weighted by Crippen LogP contribution is 2.40. The molecule has 0 aliphatic carbocycles. The maximum atomic E-state index is 12.4. The van der Waals surface area contributed by atoms with Gasteiger partial charge in [-0.1, -0.05) is 30.0 Å². The molecule has 146 valence electrons. The molecule has 3 rings (SSSR count). The Morgan fingerprint density at radius 2 is 2.00 bits per heavy atom. The Hall–Kier alpha value is -3.09. The third-order valence-corrected chi connectivity index (χ3v) is 5.08. The highest BCUT2D eigenvalue weighted by atomic mass is 79.9. The molecular formula is C20H14BrN3O4S. The van der Waals surface area contributed by atoms with E-state index < -0.39 is 11.5 Å². The minimum Gasteiger partial charge on any atom is -0.493 e. The molecule has 9 heteroatoms. The van der Waals surface area contributed by atoms with Crippen LogP contribution in [0.1, 0.15) is 15.9 Å². The molecule has 29 heavy (non-hydrogen) atoms. The number of aromatic amines is 1.